The van der Waals surface area contributed by atoms with Gasteiger partial charge in [0, 0.05) is 41.4 Å². The zero-order valence-corrected chi connectivity index (χ0v) is 29.4. The first-order chi connectivity index (χ1) is 25.7. The summed E-state index contributed by atoms with van der Waals surface area (Å²) in [7, 11) is 1.45. The molecule has 4 aromatic carbocycles. The number of H-pyrrole nitrogens is 1. The Hall–Kier alpha value is -6.38. The number of carbonyl (C=O) groups is 2. The van der Waals surface area contributed by atoms with E-state index in [-0.39, 0.29) is 36.0 Å². The van der Waals surface area contributed by atoms with Crippen LogP contribution >= 0.6 is 0 Å². The second-order valence-electron chi connectivity index (χ2n) is 12.5. The molecular weight excluding hydrogens is 709 g/mol. The number of benzene rings is 4. The van der Waals surface area contributed by atoms with Gasteiger partial charge < -0.3 is 29.8 Å². The van der Waals surface area contributed by atoms with Crippen LogP contribution in [0.5, 0.6) is 11.5 Å². The number of amides is 1. The van der Waals surface area contributed by atoms with Gasteiger partial charge in [-0.05, 0) is 71.7 Å². The van der Waals surface area contributed by atoms with E-state index in [0.29, 0.717) is 34.2 Å². The molecule has 282 valence electrons. The maximum Gasteiger partial charge on any atom is 0.573 e. The molecular formula is C39H37F3N4O8. The first-order valence-corrected chi connectivity index (χ1v) is 16.8. The molecule has 0 aliphatic rings. The van der Waals surface area contributed by atoms with Crippen molar-refractivity contribution in [1.82, 2.24) is 10.3 Å². The number of pyridine rings is 1. The lowest BCUT2D eigenvalue weighted by Gasteiger charge is -2.25. The maximum atomic E-state index is 14.1. The molecule has 0 bridgehead atoms. The number of carbonyl (C=O) groups excluding carboxylic acids is 2. The van der Waals surface area contributed by atoms with Gasteiger partial charge in [0.1, 0.15) is 24.1 Å². The minimum Gasteiger partial charge on any atom is -0.496 e. The highest BCUT2D eigenvalue weighted by atomic mass is 19.4. The predicted octanol–water partition coefficient (Wildman–Crippen LogP) is 8.00. The van der Waals surface area contributed by atoms with Crippen LogP contribution in [0.4, 0.5) is 24.5 Å². The highest BCUT2D eigenvalue weighted by Gasteiger charge is 2.34. The smallest absolute Gasteiger partial charge is 0.496 e. The Morgan fingerprint density at radius 2 is 1.69 bits per heavy atom. The number of fused-ring (bicyclic) bond motifs is 1. The number of aromatic nitrogens is 1. The molecule has 15 heteroatoms. The molecule has 0 aliphatic carbocycles. The van der Waals surface area contributed by atoms with Crippen LogP contribution in [0.25, 0.3) is 10.8 Å². The molecule has 1 amide bonds. The number of non-ortho nitro benzene ring substituents is 1. The van der Waals surface area contributed by atoms with Crippen LogP contribution in [0.15, 0.2) is 102 Å². The first kappa shape index (κ1) is 38.8. The van der Waals surface area contributed by atoms with Crippen molar-refractivity contribution in [1.29, 1.82) is 0 Å². The van der Waals surface area contributed by atoms with Gasteiger partial charge in [0.05, 0.1) is 18.1 Å². The number of halogens is 3. The van der Waals surface area contributed by atoms with Crippen molar-refractivity contribution in [2.75, 3.05) is 12.4 Å². The molecule has 0 saturated heterocycles. The average molecular weight is 747 g/mol. The van der Waals surface area contributed by atoms with E-state index in [2.05, 4.69) is 20.4 Å². The number of hydrogen-bond donors (Lipinski definition) is 3. The fourth-order valence-corrected chi connectivity index (χ4v) is 5.93. The van der Waals surface area contributed by atoms with E-state index in [1.54, 1.807) is 42.5 Å². The van der Waals surface area contributed by atoms with E-state index in [1.807, 2.05) is 37.3 Å². The van der Waals surface area contributed by atoms with Crippen molar-refractivity contribution in [3.05, 3.63) is 140 Å². The lowest BCUT2D eigenvalue weighted by atomic mass is 9.92. The summed E-state index contributed by atoms with van der Waals surface area (Å²) >= 11 is 0. The van der Waals surface area contributed by atoms with Crippen LogP contribution in [0.1, 0.15) is 66.9 Å². The summed E-state index contributed by atoms with van der Waals surface area (Å²) < 4.78 is 55.1. The molecule has 3 atom stereocenters. The molecule has 54 heavy (non-hydrogen) atoms. The third kappa shape index (κ3) is 9.93. The number of aromatic amines is 1. The summed E-state index contributed by atoms with van der Waals surface area (Å²) in [4.78, 5) is 52.5. The lowest BCUT2D eigenvalue weighted by molar-refractivity contribution is -0.385. The molecule has 0 saturated carbocycles. The third-order valence-corrected chi connectivity index (χ3v) is 8.75. The monoisotopic (exact) mass is 746 g/mol. The van der Waals surface area contributed by atoms with E-state index in [1.165, 1.54) is 20.2 Å². The Morgan fingerprint density at radius 1 is 0.926 bits per heavy atom. The van der Waals surface area contributed by atoms with Crippen LogP contribution < -0.4 is 25.7 Å². The number of methoxy groups -OCH3 is 1. The van der Waals surface area contributed by atoms with Crippen molar-refractivity contribution >= 4 is 34.0 Å². The number of anilines is 1. The largest absolute Gasteiger partial charge is 0.573 e. The Balaban J connectivity index is 1.42. The minimum atomic E-state index is -5.11. The zero-order chi connectivity index (χ0) is 39.0. The van der Waals surface area contributed by atoms with Crippen LogP contribution in [0, 0.1) is 10.1 Å². The summed E-state index contributed by atoms with van der Waals surface area (Å²) in [6.45, 7) is 3.44. The number of nitro groups is 1. The maximum absolute atomic E-state index is 14.1. The van der Waals surface area contributed by atoms with Crippen LogP contribution in [0.3, 0.4) is 0 Å². The van der Waals surface area contributed by atoms with Crippen molar-refractivity contribution < 1.29 is 41.9 Å². The van der Waals surface area contributed by atoms with Gasteiger partial charge in [0.15, 0.2) is 0 Å². The number of hydrogen-bond acceptors (Lipinski definition) is 9. The molecule has 5 aromatic rings. The number of rotatable bonds is 15. The van der Waals surface area contributed by atoms with Crippen LogP contribution in [-0.2, 0) is 20.9 Å². The molecule has 0 radical (unpaired) electrons. The fraction of sp³-hybridized carbons (Fsp3) is 0.256. The molecule has 1 unspecified atom stereocenters. The normalized spacial score (nSPS) is 13.0. The number of nitrogens with zero attached hydrogens (tertiary/aromatic N) is 1. The second-order valence-corrected chi connectivity index (χ2v) is 12.5. The number of alkyl halides is 3. The number of esters is 1. The molecule has 0 spiro atoms. The van der Waals surface area contributed by atoms with Crippen molar-refractivity contribution in [2.45, 2.75) is 57.7 Å². The predicted molar refractivity (Wildman–Crippen MR) is 194 cm³/mol. The van der Waals surface area contributed by atoms with Crippen LogP contribution in [0.2, 0.25) is 0 Å². The van der Waals surface area contributed by atoms with Gasteiger partial charge in [-0.1, -0.05) is 55.5 Å². The lowest BCUT2D eigenvalue weighted by Crippen LogP contribution is -2.35. The summed E-state index contributed by atoms with van der Waals surface area (Å²) in [5.74, 6) is -1.58. The summed E-state index contributed by atoms with van der Waals surface area (Å²) in [5, 5.41) is 18.2. The van der Waals surface area contributed by atoms with Crippen LogP contribution in [-0.4, -0.2) is 35.3 Å². The summed E-state index contributed by atoms with van der Waals surface area (Å²) in [6, 6.07) is 21.1. The van der Waals surface area contributed by atoms with Crippen molar-refractivity contribution in [3.8, 4) is 11.5 Å². The fourth-order valence-electron chi connectivity index (χ4n) is 5.93. The van der Waals surface area contributed by atoms with Crippen molar-refractivity contribution in [2.24, 2.45) is 0 Å². The molecule has 12 nitrogen and oxygen atoms in total. The first-order valence-electron chi connectivity index (χ1n) is 16.8. The van der Waals surface area contributed by atoms with Gasteiger partial charge in [-0.25, -0.2) is 0 Å². The molecule has 0 fully saturated rings. The van der Waals surface area contributed by atoms with E-state index >= 15 is 0 Å². The second kappa shape index (κ2) is 17.0. The van der Waals surface area contributed by atoms with E-state index in [0.717, 1.165) is 29.3 Å². The van der Waals surface area contributed by atoms with Gasteiger partial charge in [0.25, 0.3) is 11.2 Å². The van der Waals surface area contributed by atoms with E-state index < -0.39 is 40.7 Å². The Morgan fingerprint density at radius 3 is 2.39 bits per heavy atom. The highest BCUT2D eigenvalue weighted by Crippen LogP contribution is 2.36. The number of nitrogens with one attached hydrogen (secondary N) is 3. The minimum absolute atomic E-state index is 0.141. The van der Waals surface area contributed by atoms with E-state index in [4.69, 9.17) is 9.47 Å². The van der Waals surface area contributed by atoms with Gasteiger partial charge in [0.2, 0.25) is 5.91 Å². The molecule has 3 N–H and O–H groups in total. The summed E-state index contributed by atoms with van der Waals surface area (Å²) in [5.41, 5.74) is 1.21. The SMILES string of the molecule is COc1cc(C(Nc2ccc3cc[nH]c(=O)c3c2)C(=O)N[C@H](C)c2cc([N+](=O)[O-])ccc2OC(F)(F)F)ccc1[C@@H](C)CCC(=O)OCc1ccccc1. The Labute approximate surface area is 307 Å². The van der Waals surface area contributed by atoms with Gasteiger partial charge >= 0.3 is 12.3 Å². The average Bonchev–Trinajstić information content (AvgIpc) is 3.14. The molecule has 1 heterocycles. The Kier molecular flexibility index (Phi) is 12.2. The van der Waals surface area contributed by atoms with E-state index in [9.17, 15) is 37.7 Å². The van der Waals surface area contributed by atoms with Crippen molar-refractivity contribution in [3.63, 3.8) is 0 Å². The quantitative estimate of drug-likeness (QED) is 0.0548. The topological polar surface area (TPSA) is 162 Å². The standard InChI is InChI=1S/C39H37F3N4O8/c1-23(9-16-35(47)53-22-25-7-5-4-6-8-25)30-14-11-27(19-34(30)52-3)36(45-28-12-10-26-17-18-43-37(48)32(26)20-28)38(49)44-24(2)31-21-29(46(50)51)13-15-33(31)54-39(40,41)42/h4-8,10-15,17-21,23-24,36,45H,9,16,22H2,1-3H3,(H,43,48)(H,44,49)/t23-,24+,36?/m0/s1. The molecule has 5 rings (SSSR count). The third-order valence-electron chi connectivity index (χ3n) is 8.75. The number of nitro benzene ring substituents is 1. The molecule has 0 aliphatic heterocycles. The van der Waals surface area contributed by atoms with Gasteiger partial charge in [-0.15, -0.1) is 13.2 Å². The Bertz CT molecular complexity index is 2190. The van der Waals surface area contributed by atoms with Gasteiger partial charge in [-0.2, -0.15) is 0 Å². The zero-order valence-electron chi connectivity index (χ0n) is 29.4. The highest BCUT2D eigenvalue weighted by molar-refractivity contribution is 5.89. The summed E-state index contributed by atoms with van der Waals surface area (Å²) in [6.07, 6.45) is -3.03. The van der Waals surface area contributed by atoms with Gasteiger partial charge in [-0.3, -0.25) is 24.5 Å². The molecule has 1 aromatic heterocycles. The number of ether oxygens (including phenoxy) is 3.